The minimum Gasteiger partial charge on any atom is -0.379 e. The number of rotatable bonds is 8. The molecule has 2 rings (SSSR count). The molecule has 1 fully saturated rings. The van der Waals surface area contributed by atoms with Crippen molar-refractivity contribution in [2.75, 3.05) is 51.7 Å². The van der Waals surface area contributed by atoms with Gasteiger partial charge in [-0.25, -0.2) is 8.42 Å². The molecule has 0 radical (unpaired) electrons. The molecule has 0 saturated carbocycles. The molecule has 0 unspecified atom stereocenters. The molecular formula is C20H34N4O3S. The quantitative estimate of drug-likeness (QED) is 0.382. The molecule has 7 nitrogen and oxygen atoms in total. The first-order valence-corrected chi connectivity index (χ1v) is 11.5. The summed E-state index contributed by atoms with van der Waals surface area (Å²) in [7, 11) is -3.35. The molecule has 3 N–H and O–H groups in total. The van der Waals surface area contributed by atoms with Crippen LogP contribution in [0.15, 0.2) is 34.2 Å². The van der Waals surface area contributed by atoms with E-state index >= 15 is 0 Å². The fourth-order valence-electron chi connectivity index (χ4n) is 2.97. The third kappa shape index (κ3) is 7.41. The zero-order valence-electron chi connectivity index (χ0n) is 17.3. The molecule has 1 heterocycles. The number of nitrogens with two attached hydrogens (primary N) is 1. The van der Waals surface area contributed by atoms with Crippen molar-refractivity contribution in [1.82, 2.24) is 10.2 Å². The minimum absolute atomic E-state index is 0.00343. The largest absolute Gasteiger partial charge is 0.379 e. The van der Waals surface area contributed by atoms with Gasteiger partial charge in [0.1, 0.15) is 0 Å². The Morgan fingerprint density at radius 3 is 2.46 bits per heavy atom. The molecule has 1 aromatic rings. The highest BCUT2D eigenvalue weighted by atomic mass is 32.2. The van der Waals surface area contributed by atoms with E-state index < -0.39 is 9.84 Å². The standard InChI is InChI=1S/C20H34N4O3S/c1-20(2,3)17-5-7-18(8-6-17)28(25,26)16-10-23-19(21)22-9-4-11-24-12-14-27-15-13-24/h5-8H,4,9-16H2,1-3H3,(H3,21,22,23). The number of sulfone groups is 1. The van der Waals surface area contributed by atoms with Gasteiger partial charge in [0.2, 0.25) is 0 Å². The molecule has 158 valence electrons. The van der Waals surface area contributed by atoms with Gasteiger partial charge < -0.3 is 15.8 Å². The zero-order chi connectivity index (χ0) is 20.6. The van der Waals surface area contributed by atoms with Gasteiger partial charge in [-0.05, 0) is 29.5 Å². The molecule has 1 saturated heterocycles. The van der Waals surface area contributed by atoms with Crippen LogP contribution in [0.2, 0.25) is 0 Å². The minimum atomic E-state index is -3.35. The summed E-state index contributed by atoms with van der Waals surface area (Å²) in [5.74, 6) is 0.270. The first-order valence-electron chi connectivity index (χ1n) is 9.86. The smallest absolute Gasteiger partial charge is 0.188 e. The van der Waals surface area contributed by atoms with Crippen molar-refractivity contribution < 1.29 is 13.2 Å². The molecule has 0 aromatic heterocycles. The molecule has 0 aliphatic carbocycles. The lowest BCUT2D eigenvalue weighted by molar-refractivity contribution is 0.0377. The molecular weight excluding hydrogens is 376 g/mol. The summed E-state index contributed by atoms with van der Waals surface area (Å²) in [4.78, 5) is 6.95. The van der Waals surface area contributed by atoms with Gasteiger partial charge in [-0.1, -0.05) is 32.9 Å². The van der Waals surface area contributed by atoms with E-state index in [1.807, 2.05) is 12.1 Å². The zero-order valence-corrected chi connectivity index (χ0v) is 18.1. The monoisotopic (exact) mass is 410 g/mol. The van der Waals surface area contributed by atoms with E-state index in [4.69, 9.17) is 10.5 Å². The van der Waals surface area contributed by atoms with Gasteiger partial charge in [-0.15, -0.1) is 0 Å². The van der Waals surface area contributed by atoms with Crippen LogP contribution in [0.25, 0.3) is 0 Å². The van der Waals surface area contributed by atoms with Crippen LogP contribution in [-0.2, 0) is 20.0 Å². The Hall–Kier alpha value is -1.64. The number of nitrogens with zero attached hydrogens (tertiary/aromatic N) is 2. The van der Waals surface area contributed by atoms with Gasteiger partial charge in [-0.2, -0.15) is 0 Å². The van der Waals surface area contributed by atoms with Crippen LogP contribution in [-0.4, -0.2) is 71.0 Å². The molecule has 1 aliphatic heterocycles. The van der Waals surface area contributed by atoms with Crippen LogP contribution >= 0.6 is 0 Å². The number of hydrogen-bond donors (Lipinski definition) is 2. The summed E-state index contributed by atoms with van der Waals surface area (Å²) in [6.07, 6.45) is 0.917. The van der Waals surface area contributed by atoms with Crippen molar-refractivity contribution in [2.45, 2.75) is 37.5 Å². The van der Waals surface area contributed by atoms with Gasteiger partial charge in [-0.3, -0.25) is 9.89 Å². The fourth-order valence-corrected chi connectivity index (χ4v) is 4.13. The maximum Gasteiger partial charge on any atom is 0.188 e. The lowest BCUT2D eigenvalue weighted by Crippen LogP contribution is -2.37. The highest BCUT2D eigenvalue weighted by Crippen LogP contribution is 2.23. The molecule has 1 aromatic carbocycles. The SMILES string of the molecule is CC(C)(C)c1ccc(S(=O)(=O)CCNC(N)=NCCCN2CCOCC2)cc1. The summed E-state index contributed by atoms with van der Waals surface area (Å²) in [6, 6.07) is 7.12. The molecule has 0 bridgehead atoms. The van der Waals surface area contributed by atoms with Crippen molar-refractivity contribution in [2.24, 2.45) is 10.7 Å². The predicted octanol–water partition coefficient (Wildman–Crippen LogP) is 1.38. The van der Waals surface area contributed by atoms with Crippen LogP contribution in [0, 0.1) is 0 Å². The Kier molecular flexibility index (Phi) is 8.27. The highest BCUT2D eigenvalue weighted by Gasteiger charge is 2.17. The maximum atomic E-state index is 12.5. The average molecular weight is 411 g/mol. The molecule has 0 spiro atoms. The normalized spacial score (nSPS) is 16.9. The van der Waals surface area contributed by atoms with E-state index in [2.05, 4.69) is 36.0 Å². The van der Waals surface area contributed by atoms with Crippen LogP contribution in [0.5, 0.6) is 0 Å². The second-order valence-corrected chi connectivity index (χ2v) is 10.2. The number of aliphatic imine (C=N–C) groups is 1. The van der Waals surface area contributed by atoms with Crippen molar-refractivity contribution in [1.29, 1.82) is 0 Å². The molecule has 28 heavy (non-hydrogen) atoms. The number of benzene rings is 1. The third-order valence-electron chi connectivity index (χ3n) is 4.77. The van der Waals surface area contributed by atoms with E-state index in [9.17, 15) is 8.42 Å². The molecule has 8 heteroatoms. The van der Waals surface area contributed by atoms with Crippen molar-refractivity contribution in [3.8, 4) is 0 Å². The number of guanidine groups is 1. The number of ether oxygens (including phenoxy) is 1. The topological polar surface area (TPSA) is 97.0 Å². The average Bonchev–Trinajstić information content (AvgIpc) is 2.65. The molecule has 0 atom stereocenters. The Labute approximate surface area is 169 Å². The van der Waals surface area contributed by atoms with E-state index in [1.54, 1.807) is 12.1 Å². The fraction of sp³-hybridized carbons (Fsp3) is 0.650. The van der Waals surface area contributed by atoms with E-state index in [0.717, 1.165) is 44.8 Å². The van der Waals surface area contributed by atoms with Crippen LogP contribution < -0.4 is 11.1 Å². The lowest BCUT2D eigenvalue weighted by atomic mass is 9.87. The van der Waals surface area contributed by atoms with E-state index in [1.165, 1.54) is 0 Å². The van der Waals surface area contributed by atoms with Gasteiger partial charge in [0.15, 0.2) is 15.8 Å². The summed E-state index contributed by atoms with van der Waals surface area (Å²) in [5.41, 5.74) is 6.95. The Balaban J connectivity index is 1.73. The Morgan fingerprint density at radius 1 is 1.21 bits per heavy atom. The molecule has 1 aliphatic rings. The van der Waals surface area contributed by atoms with Gasteiger partial charge in [0.25, 0.3) is 0 Å². The first-order chi connectivity index (χ1) is 13.2. The second-order valence-electron chi connectivity index (χ2n) is 8.09. The highest BCUT2D eigenvalue weighted by molar-refractivity contribution is 7.91. The Morgan fingerprint density at radius 2 is 1.86 bits per heavy atom. The molecule has 0 amide bonds. The van der Waals surface area contributed by atoms with E-state index in [0.29, 0.717) is 17.4 Å². The van der Waals surface area contributed by atoms with Gasteiger partial charge in [0, 0.05) is 32.7 Å². The van der Waals surface area contributed by atoms with Crippen molar-refractivity contribution >= 4 is 15.8 Å². The van der Waals surface area contributed by atoms with Gasteiger partial charge in [0.05, 0.1) is 23.9 Å². The summed E-state index contributed by atoms with van der Waals surface area (Å²) >= 11 is 0. The van der Waals surface area contributed by atoms with Crippen LogP contribution in [0.3, 0.4) is 0 Å². The van der Waals surface area contributed by atoms with E-state index in [-0.39, 0.29) is 17.7 Å². The van der Waals surface area contributed by atoms with Crippen LogP contribution in [0.1, 0.15) is 32.8 Å². The number of morpholine rings is 1. The van der Waals surface area contributed by atoms with Crippen molar-refractivity contribution in [3.63, 3.8) is 0 Å². The van der Waals surface area contributed by atoms with Crippen LogP contribution in [0.4, 0.5) is 0 Å². The predicted molar refractivity (Wildman–Crippen MR) is 114 cm³/mol. The first kappa shape index (κ1) is 22.6. The third-order valence-corrected chi connectivity index (χ3v) is 6.51. The summed E-state index contributed by atoms with van der Waals surface area (Å²) in [6.45, 7) is 11.6. The summed E-state index contributed by atoms with van der Waals surface area (Å²) in [5, 5.41) is 2.90. The Bertz CT molecular complexity index is 734. The second kappa shape index (κ2) is 10.2. The summed E-state index contributed by atoms with van der Waals surface area (Å²) < 4.78 is 30.3. The lowest BCUT2D eigenvalue weighted by Gasteiger charge is -2.26. The van der Waals surface area contributed by atoms with Crippen molar-refractivity contribution in [3.05, 3.63) is 29.8 Å². The number of nitrogens with one attached hydrogen (secondary N) is 1. The van der Waals surface area contributed by atoms with Gasteiger partial charge >= 0.3 is 0 Å². The number of hydrogen-bond acceptors (Lipinski definition) is 5. The maximum absolute atomic E-state index is 12.5.